The lowest BCUT2D eigenvalue weighted by atomic mass is 9.87. The van der Waals surface area contributed by atoms with E-state index in [1.807, 2.05) is 4.90 Å². The Morgan fingerprint density at radius 3 is 2.53 bits per heavy atom. The molecule has 1 saturated carbocycles. The Balaban J connectivity index is 1.53. The zero-order chi connectivity index (χ0) is 24.4. The van der Waals surface area contributed by atoms with Crippen LogP contribution in [-0.4, -0.2) is 87.5 Å². The van der Waals surface area contributed by atoms with E-state index < -0.39 is 11.9 Å². The minimum Gasteiger partial charge on any atom is -0.472 e. The third kappa shape index (κ3) is 5.02. The van der Waals surface area contributed by atoms with Crippen molar-refractivity contribution in [3.63, 3.8) is 0 Å². The van der Waals surface area contributed by atoms with E-state index >= 15 is 4.39 Å². The van der Waals surface area contributed by atoms with Gasteiger partial charge >= 0.3 is 0 Å². The number of ether oxygens (including phenoxy) is 2. The van der Waals surface area contributed by atoms with E-state index in [1.165, 1.54) is 17.3 Å². The smallest absolute Gasteiger partial charge is 0.256 e. The zero-order valence-electron chi connectivity index (χ0n) is 19.5. The molecule has 4 rings (SSSR count). The molecule has 1 aliphatic carbocycles. The quantitative estimate of drug-likeness (QED) is 0.593. The maximum absolute atomic E-state index is 15.4. The number of likely N-dealkylation sites (N-methyl/N-ethyl adjacent to an activating group) is 1. The fourth-order valence-corrected chi connectivity index (χ4v) is 3.83. The maximum Gasteiger partial charge on any atom is 0.256 e. The lowest BCUT2D eigenvalue weighted by Gasteiger charge is -2.41. The number of hydrogen-bond donors (Lipinski definition) is 2. The largest absolute Gasteiger partial charge is 0.472 e. The molecule has 1 atom stereocenters. The van der Waals surface area contributed by atoms with Gasteiger partial charge in [0.25, 0.3) is 11.8 Å². The van der Waals surface area contributed by atoms with Crippen molar-refractivity contribution in [1.29, 1.82) is 0 Å². The summed E-state index contributed by atoms with van der Waals surface area (Å²) >= 11 is 0. The predicted octanol–water partition coefficient (Wildman–Crippen LogP) is 0.877. The molecule has 2 aromatic rings. The van der Waals surface area contributed by atoms with Gasteiger partial charge in [0.1, 0.15) is 17.9 Å². The Hall–Kier alpha value is -3.12. The summed E-state index contributed by atoms with van der Waals surface area (Å²) in [6.07, 6.45) is 2.44. The van der Waals surface area contributed by atoms with Crippen LogP contribution in [0.2, 0.25) is 0 Å². The molecule has 1 aliphatic heterocycles. The van der Waals surface area contributed by atoms with Crippen molar-refractivity contribution in [3.8, 4) is 17.1 Å². The van der Waals surface area contributed by atoms with Crippen molar-refractivity contribution >= 4 is 17.8 Å². The highest BCUT2D eigenvalue weighted by atomic mass is 19.1. The molecule has 184 valence electrons. The minimum atomic E-state index is -1.05. The van der Waals surface area contributed by atoms with Crippen LogP contribution in [-0.2, 0) is 9.53 Å². The fourth-order valence-electron chi connectivity index (χ4n) is 3.83. The first-order valence-electron chi connectivity index (χ1n) is 11.3. The van der Waals surface area contributed by atoms with Crippen molar-refractivity contribution in [2.75, 3.05) is 44.0 Å². The van der Waals surface area contributed by atoms with Crippen molar-refractivity contribution in [3.05, 3.63) is 18.2 Å². The molecule has 2 fully saturated rings. The second kappa shape index (κ2) is 10.0. The second-order valence-corrected chi connectivity index (χ2v) is 8.92. The molecule has 2 aromatic heterocycles. The molecule has 1 amide bonds. The molecule has 3 N–H and O–H groups in total. The summed E-state index contributed by atoms with van der Waals surface area (Å²) < 4.78 is 26.7. The number of amides is 1. The number of rotatable bonds is 7. The summed E-state index contributed by atoms with van der Waals surface area (Å²) in [6.45, 7) is 5.75. The molecule has 0 aromatic carbocycles. The highest BCUT2D eigenvalue weighted by Gasteiger charge is 2.39. The average Bonchev–Trinajstić information content (AvgIpc) is 2.81. The first-order chi connectivity index (χ1) is 16.2. The molecule has 0 spiro atoms. The van der Waals surface area contributed by atoms with Gasteiger partial charge in [-0.05, 0) is 5.92 Å². The Bertz CT molecular complexity index is 1010. The number of nitrogens with two attached hydrogens (primary N) is 1. The van der Waals surface area contributed by atoms with E-state index in [4.69, 9.17) is 15.2 Å². The third-order valence-corrected chi connectivity index (χ3v) is 6.18. The maximum atomic E-state index is 15.4. The zero-order valence-corrected chi connectivity index (χ0v) is 19.5. The lowest BCUT2D eigenvalue weighted by Crippen LogP contribution is -2.53. The predicted molar refractivity (Wildman–Crippen MR) is 122 cm³/mol. The number of hydrogen-bond acceptors (Lipinski definition) is 10. The van der Waals surface area contributed by atoms with Crippen LogP contribution in [0, 0.1) is 11.7 Å². The molecular formula is C22H30FN7O4. The van der Waals surface area contributed by atoms with Crippen LogP contribution in [0.1, 0.15) is 26.7 Å². The Morgan fingerprint density at radius 1 is 1.26 bits per heavy atom. The molecule has 11 nitrogen and oxygen atoms in total. The van der Waals surface area contributed by atoms with Crippen molar-refractivity contribution in [2.45, 2.75) is 44.9 Å². The van der Waals surface area contributed by atoms with Gasteiger partial charge in [-0.15, -0.1) is 0 Å². The normalized spacial score (nSPS) is 21.2. The number of nitrogens with zero attached hydrogens (tertiary/aromatic N) is 6. The van der Waals surface area contributed by atoms with E-state index in [0.717, 1.165) is 0 Å². The molecule has 34 heavy (non-hydrogen) atoms. The molecule has 2 aliphatic rings. The van der Waals surface area contributed by atoms with Gasteiger partial charge in [-0.2, -0.15) is 9.37 Å². The number of anilines is 2. The SMILES string of the molecule is CC(C)[C@H](O)C(=O)N(C)[C@H]1C[C@H](Oc2nc(N3CCOCC3)nc(-c3cnc(N)nc3)c2F)C1. The van der Waals surface area contributed by atoms with E-state index in [-0.39, 0.29) is 41.5 Å². The van der Waals surface area contributed by atoms with Crippen LogP contribution in [0.25, 0.3) is 11.3 Å². The molecule has 1 saturated heterocycles. The summed E-state index contributed by atoms with van der Waals surface area (Å²) in [5.74, 6) is -0.977. The van der Waals surface area contributed by atoms with Crippen molar-refractivity contribution < 1.29 is 23.8 Å². The van der Waals surface area contributed by atoms with Gasteiger partial charge in [-0.25, -0.2) is 15.0 Å². The first kappa shape index (κ1) is 24.0. The van der Waals surface area contributed by atoms with Crippen molar-refractivity contribution in [2.24, 2.45) is 5.92 Å². The van der Waals surface area contributed by atoms with E-state index in [9.17, 15) is 9.90 Å². The first-order valence-corrected chi connectivity index (χ1v) is 11.3. The number of aliphatic hydroxyl groups excluding tert-OH is 1. The van der Waals surface area contributed by atoms with Crippen LogP contribution in [0.5, 0.6) is 5.88 Å². The number of carbonyl (C=O) groups is 1. The number of nitrogen functional groups attached to an aromatic ring is 1. The summed E-state index contributed by atoms with van der Waals surface area (Å²) in [7, 11) is 1.66. The summed E-state index contributed by atoms with van der Waals surface area (Å²) in [5, 5.41) is 10.1. The summed E-state index contributed by atoms with van der Waals surface area (Å²) in [4.78, 5) is 32.5. The van der Waals surface area contributed by atoms with Gasteiger partial charge in [0.05, 0.1) is 13.2 Å². The minimum absolute atomic E-state index is 0.0229. The molecule has 12 heteroatoms. The number of carbonyl (C=O) groups excluding carboxylic acids is 1. The molecule has 0 bridgehead atoms. The number of aromatic nitrogens is 4. The molecular weight excluding hydrogens is 445 g/mol. The van der Waals surface area contributed by atoms with Gasteiger partial charge in [0.15, 0.2) is 0 Å². The fraction of sp³-hybridized carbons (Fsp3) is 0.591. The van der Waals surface area contributed by atoms with Crippen LogP contribution in [0.15, 0.2) is 12.4 Å². The van der Waals surface area contributed by atoms with E-state index in [2.05, 4.69) is 19.9 Å². The second-order valence-electron chi connectivity index (χ2n) is 8.92. The van der Waals surface area contributed by atoms with Gasteiger partial charge in [0.2, 0.25) is 17.7 Å². The molecule has 0 radical (unpaired) electrons. The highest BCUT2D eigenvalue weighted by Crippen LogP contribution is 2.34. The number of halogens is 1. The Kier molecular flexibility index (Phi) is 7.08. The average molecular weight is 476 g/mol. The molecule has 3 heterocycles. The van der Waals surface area contributed by atoms with Gasteiger partial charge in [-0.1, -0.05) is 13.8 Å². The standard InChI is InChI=1S/C22H30FN7O4/c1-12(2)18(31)20(32)29(3)14-8-15(9-14)34-19-16(23)17(13-10-25-21(24)26-11-13)27-22(28-19)30-4-6-33-7-5-30/h10-12,14-15,18,31H,4-9H2,1-3H3,(H2,24,25,26)/t14-,15-,18-/m0/s1. The Morgan fingerprint density at radius 2 is 1.91 bits per heavy atom. The summed E-state index contributed by atoms with van der Waals surface area (Å²) in [6, 6.07) is -0.0977. The third-order valence-electron chi connectivity index (χ3n) is 6.18. The van der Waals surface area contributed by atoms with Gasteiger partial charge in [-0.3, -0.25) is 4.79 Å². The van der Waals surface area contributed by atoms with Crippen LogP contribution in [0.3, 0.4) is 0 Å². The molecule has 0 unspecified atom stereocenters. The highest BCUT2D eigenvalue weighted by molar-refractivity contribution is 5.81. The Labute approximate surface area is 197 Å². The van der Waals surface area contributed by atoms with Crippen molar-refractivity contribution in [1.82, 2.24) is 24.8 Å². The van der Waals surface area contributed by atoms with E-state index in [1.54, 1.807) is 20.9 Å². The number of morpholine rings is 1. The lowest BCUT2D eigenvalue weighted by molar-refractivity contribution is -0.146. The van der Waals surface area contributed by atoms with Crippen LogP contribution >= 0.6 is 0 Å². The van der Waals surface area contributed by atoms with Gasteiger partial charge in [0, 0.05) is 57.0 Å². The number of aliphatic hydroxyl groups is 1. The van der Waals surface area contributed by atoms with E-state index in [0.29, 0.717) is 50.7 Å². The van der Waals surface area contributed by atoms with Crippen LogP contribution in [0.4, 0.5) is 16.3 Å². The van der Waals surface area contributed by atoms with Crippen LogP contribution < -0.4 is 15.4 Å². The topological polar surface area (TPSA) is 140 Å². The van der Waals surface area contributed by atoms with Gasteiger partial charge < -0.3 is 30.1 Å². The summed E-state index contributed by atoms with van der Waals surface area (Å²) in [5.41, 5.74) is 5.94. The monoisotopic (exact) mass is 475 g/mol.